The number of furan rings is 1. The van der Waals surface area contributed by atoms with Crippen LogP contribution < -0.4 is 14.9 Å². The van der Waals surface area contributed by atoms with E-state index in [1.165, 1.54) is 11.3 Å². The molecule has 0 bridgehead atoms. The van der Waals surface area contributed by atoms with Crippen LogP contribution in [-0.4, -0.2) is 23.4 Å². The molecule has 4 aromatic rings. The molecule has 2 aromatic heterocycles. The van der Waals surface area contributed by atoms with Crippen molar-refractivity contribution in [1.29, 1.82) is 0 Å². The number of aromatic nitrogens is 1. The molecule has 2 aromatic carbocycles. The van der Waals surface area contributed by atoms with Gasteiger partial charge in [-0.15, -0.1) is 11.8 Å². The molecule has 0 spiro atoms. The van der Waals surface area contributed by atoms with Gasteiger partial charge in [0.25, 0.3) is 5.56 Å². The SMILES string of the molecule is CCOC(=O)C1=C(C)N=c2s/c(=C\c3ccc(-c4ccc(Cl)cc4)o3)c(=O)n2[C@@H]1c1ccc(SC)cc1. The largest absolute Gasteiger partial charge is 0.463 e. The molecular weight excluding hydrogens is 528 g/mol. The van der Waals surface area contributed by atoms with Crippen molar-refractivity contribution in [2.24, 2.45) is 4.99 Å². The van der Waals surface area contributed by atoms with Crippen molar-refractivity contribution in [3.63, 3.8) is 0 Å². The Labute approximate surface area is 226 Å². The van der Waals surface area contributed by atoms with Crippen LogP contribution >= 0.6 is 34.7 Å². The summed E-state index contributed by atoms with van der Waals surface area (Å²) in [6.07, 6.45) is 3.71. The number of thiazole rings is 1. The molecule has 0 unspecified atom stereocenters. The molecule has 1 atom stereocenters. The number of nitrogens with zero attached hydrogens (tertiary/aromatic N) is 2. The van der Waals surface area contributed by atoms with E-state index in [0.717, 1.165) is 16.0 Å². The lowest BCUT2D eigenvalue weighted by molar-refractivity contribution is -0.139. The van der Waals surface area contributed by atoms with E-state index in [9.17, 15) is 9.59 Å². The van der Waals surface area contributed by atoms with Crippen molar-refractivity contribution in [1.82, 2.24) is 4.57 Å². The molecule has 0 saturated heterocycles. The Balaban J connectivity index is 1.62. The van der Waals surface area contributed by atoms with E-state index in [1.807, 2.05) is 54.8 Å². The number of carbonyl (C=O) groups excluding carboxylic acids is 1. The molecule has 0 fully saturated rings. The molecule has 0 radical (unpaired) electrons. The minimum absolute atomic E-state index is 0.229. The fraction of sp³-hybridized carbons (Fsp3) is 0.179. The highest BCUT2D eigenvalue weighted by molar-refractivity contribution is 7.98. The number of ether oxygens (including phenoxy) is 1. The van der Waals surface area contributed by atoms with E-state index in [-0.39, 0.29) is 12.2 Å². The van der Waals surface area contributed by atoms with E-state index >= 15 is 0 Å². The van der Waals surface area contributed by atoms with E-state index in [4.69, 9.17) is 20.8 Å². The summed E-state index contributed by atoms with van der Waals surface area (Å²) in [5.74, 6) is 0.732. The highest BCUT2D eigenvalue weighted by Crippen LogP contribution is 2.32. The molecule has 0 N–H and O–H groups in total. The molecule has 5 rings (SSSR count). The van der Waals surface area contributed by atoms with Gasteiger partial charge >= 0.3 is 5.97 Å². The predicted molar refractivity (Wildman–Crippen MR) is 148 cm³/mol. The molecule has 1 aliphatic rings. The highest BCUT2D eigenvalue weighted by Gasteiger charge is 2.33. The van der Waals surface area contributed by atoms with Crippen molar-refractivity contribution in [2.75, 3.05) is 12.9 Å². The zero-order valence-corrected chi connectivity index (χ0v) is 22.7. The quantitative estimate of drug-likeness (QED) is 0.236. The van der Waals surface area contributed by atoms with E-state index in [1.54, 1.807) is 48.4 Å². The van der Waals surface area contributed by atoms with Crippen LogP contribution in [0.1, 0.15) is 31.2 Å². The van der Waals surface area contributed by atoms with Gasteiger partial charge in [-0.05, 0) is 74.2 Å². The van der Waals surface area contributed by atoms with Crippen molar-refractivity contribution in [2.45, 2.75) is 24.8 Å². The minimum atomic E-state index is -0.644. The van der Waals surface area contributed by atoms with Crippen LogP contribution in [0.15, 0.2) is 91.0 Å². The summed E-state index contributed by atoms with van der Waals surface area (Å²) in [4.78, 5) is 32.9. The second-order valence-corrected chi connectivity index (χ2v) is 10.6. The van der Waals surface area contributed by atoms with Gasteiger partial charge in [0.2, 0.25) is 0 Å². The number of benzene rings is 2. The topological polar surface area (TPSA) is 73.8 Å². The zero-order valence-electron chi connectivity index (χ0n) is 20.4. The van der Waals surface area contributed by atoms with Crippen LogP contribution in [-0.2, 0) is 9.53 Å². The second kappa shape index (κ2) is 10.6. The summed E-state index contributed by atoms with van der Waals surface area (Å²) in [6, 6.07) is 18.2. The number of hydrogen-bond donors (Lipinski definition) is 0. The van der Waals surface area contributed by atoms with Gasteiger partial charge in [-0.2, -0.15) is 0 Å². The van der Waals surface area contributed by atoms with Gasteiger partial charge in [-0.1, -0.05) is 35.1 Å². The van der Waals surface area contributed by atoms with Crippen LogP contribution in [0.5, 0.6) is 0 Å². The molecule has 6 nitrogen and oxygen atoms in total. The third-order valence-electron chi connectivity index (χ3n) is 5.98. The average molecular weight is 551 g/mol. The van der Waals surface area contributed by atoms with Gasteiger partial charge in [0, 0.05) is 21.6 Å². The first-order valence-corrected chi connectivity index (χ1v) is 14.0. The van der Waals surface area contributed by atoms with Crippen LogP contribution in [0.25, 0.3) is 17.4 Å². The Morgan fingerprint density at radius 3 is 2.57 bits per heavy atom. The highest BCUT2D eigenvalue weighted by atomic mass is 35.5. The molecule has 37 heavy (non-hydrogen) atoms. The van der Waals surface area contributed by atoms with E-state index in [0.29, 0.717) is 37.1 Å². The van der Waals surface area contributed by atoms with Gasteiger partial charge < -0.3 is 9.15 Å². The van der Waals surface area contributed by atoms with Gasteiger partial charge in [0.15, 0.2) is 4.80 Å². The molecule has 0 aliphatic carbocycles. The molecule has 3 heterocycles. The number of esters is 1. The number of halogens is 1. The first-order chi connectivity index (χ1) is 17.9. The Kier molecular flexibility index (Phi) is 7.24. The Morgan fingerprint density at radius 2 is 1.89 bits per heavy atom. The van der Waals surface area contributed by atoms with Gasteiger partial charge in [-0.25, -0.2) is 9.79 Å². The maximum atomic E-state index is 13.7. The molecule has 9 heteroatoms. The smallest absolute Gasteiger partial charge is 0.338 e. The number of allylic oxidation sites excluding steroid dienone is 1. The second-order valence-electron chi connectivity index (χ2n) is 8.28. The Morgan fingerprint density at radius 1 is 1.16 bits per heavy atom. The fourth-order valence-corrected chi connectivity index (χ4v) is 5.78. The van der Waals surface area contributed by atoms with Gasteiger partial charge in [0.05, 0.1) is 28.5 Å². The summed E-state index contributed by atoms with van der Waals surface area (Å²) >= 11 is 8.88. The Hall–Kier alpha value is -3.33. The summed E-state index contributed by atoms with van der Waals surface area (Å²) in [6.45, 7) is 3.76. The number of rotatable bonds is 6. The normalized spacial score (nSPS) is 15.5. The predicted octanol–water partition coefficient (Wildman–Crippen LogP) is 5.43. The molecule has 0 amide bonds. The molecular formula is C28H23ClN2O4S2. The van der Waals surface area contributed by atoms with Crippen molar-refractivity contribution < 1.29 is 13.9 Å². The monoisotopic (exact) mass is 550 g/mol. The Bertz CT molecular complexity index is 1680. The maximum Gasteiger partial charge on any atom is 0.338 e. The summed E-state index contributed by atoms with van der Waals surface area (Å²) in [5.41, 5.74) is 2.34. The van der Waals surface area contributed by atoms with E-state index in [2.05, 4.69) is 4.99 Å². The first kappa shape index (κ1) is 25.3. The zero-order chi connectivity index (χ0) is 26.1. The summed E-state index contributed by atoms with van der Waals surface area (Å²) in [7, 11) is 0. The standard InChI is InChI=1S/C28H23ClN2O4S2/c1-4-34-27(33)24-16(2)30-28-31(25(24)18-7-12-21(36-3)13-8-18)26(32)23(37-28)15-20-11-14-22(35-20)17-5-9-19(29)10-6-17/h5-15,25H,4H2,1-3H3/b23-15-/t25-/m1/s1. The third kappa shape index (κ3) is 4.97. The van der Waals surface area contributed by atoms with Crippen molar-refractivity contribution in [3.05, 3.63) is 108 Å². The maximum absolute atomic E-state index is 13.7. The summed E-state index contributed by atoms with van der Waals surface area (Å²) in [5, 5.41) is 0.645. The molecule has 188 valence electrons. The van der Waals surface area contributed by atoms with Crippen molar-refractivity contribution in [3.8, 4) is 11.3 Å². The molecule has 0 saturated carbocycles. The fourth-order valence-electron chi connectivity index (χ4n) is 4.22. The summed E-state index contributed by atoms with van der Waals surface area (Å²) < 4.78 is 13.4. The lowest BCUT2D eigenvalue weighted by Gasteiger charge is -2.24. The average Bonchev–Trinajstić information content (AvgIpc) is 3.48. The first-order valence-electron chi connectivity index (χ1n) is 11.6. The lowest BCUT2D eigenvalue weighted by Crippen LogP contribution is -2.39. The lowest BCUT2D eigenvalue weighted by atomic mass is 9.96. The van der Waals surface area contributed by atoms with Crippen molar-refractivity contribution >= 4 is 46.7 Å². The number of hydrogen-bond acceptors (Lipinski definition) is 7. The number of carbonyl (C=O) groups is 1. The van der Waals surface area contributed by atoms with Crippen LogP contribution in [0.3, 0.4) is 0 Å². The van der Waals surface area contributed by atoms with Gasteiger partial charge in [0.1, 0.15) is 11.5 Å². The molecule has 1 aliphatic heterocycles. The number of fused-ring (bicyclic) bond motifs is 1. The van der Waals surface area contributed by atoms with Crippen LogP contribution in [0.4, 0.5) is 0 Å². The minimum Gasteiger partial charge on any atom is -0.463 e. The third-order valence-corrected chi connectivity index (χ3v) is 7.96. The van der Waals surface area contributed by atoms with E-state index < -0.39 is 12.0 Å². The number of thioether (sulfide) groups is 1. The van der Waals surface area contributed by atoms with Crippen LogP contribution in [0, 0.1) is 0 Å². The van der Waals surface area contributed by atoms with Crippen LogP contribution in [0.2, 0.25) is 5.02 Å². The van der Waals surface area contributed by atoms with Gasteiger partial charge in [-0.3, -0.25) is 9.36 Å².